The molecule has 0 spiro atoms. The van der Waals surface area contributed by atoms with Crippen LogP contribution in [-0.4, -0.2) is 173 Å². The summed E-state index contributed by atoms with van der Waals surface area (Å²) >= 11 is 0. The number of carbonyl (C=O) groups excluding carboxylic acids is 10. The number of aliphatic carboxylic acids is 2. The molecule has 0 aromatic heterocycles. The van der Waals surface area contributed by atoms with Crippen molar-refractivity contribution in [2.75, 3.05) is 86.5 Å². The molecule has 105 heavy (non-hydrogen) atoms. The number of carboxylic acids is 2. The Kier molecular flexibility index (Phi) is 35.6. The summed E-state index contributed by atoms with van der Waals surface area (Å²) in [5, 5.41) is 20.7. The van der Waals surface area contributed by atoms with Crippen molar-refractivity contribution in [3.05, 3.63) is 163 Å². The fraction of sp³-hybridized carbons (Fsp3) is 0.506. The molecule has 22 nitrogen and oxygen atoms in total. The lowest BCUT2D eigenvalue weighted by Crippen LogP contribution is -2.39. The average molecular weight is 1480 g/mol. The van der Waals surface area contributed by atoms with Crippen molar-refractivity contribution in [2.45, 2.75) is 73.2 Å². The topological polar surface area (TPSA) is 328 Å². The van der Waals surface area contributed by atoms with Gasteiger partial charge in [-0.3, -0.25) is 48.3 Å². The van der Waals surface area contributed by atoms with E-state index in [9.17, 15) is 64.7 Å². The number of esters is 2. The molecular formula is C77H98F6N6O16-2. The molecule has 0 unspecified atom stereocenters. The van der Waals surface area contributed by atoms with Crippen LogP contribution in [0.3, 0.4) is 0 Å². The van der Waals surface area contributed by atoms with Gasteiger partial charge in [0.05, 0.1) is 55.1 Å². The standard InChI is InChI=1S/C44H60N4O7.C23H28N2O2.C6H10O3.2C2HF3O2/c1-7-30-34(25-27(2)3)32(38-37(30)41(50)48(44(38)53)22-20-46-19-17-36(49)55-24-23-54-6)15-16-33-35(26-28(4)5)31(14-13-29-11-9-8-10-12-29)39-40(33)43(52)47(21-18-45)42(39)51;1-4-17-19(14-15(2)3)18(11-10-16-8-6-5-7-9-16)21-20(17)22(26)25(13-12-24)23(21)27;1-3-6(7)9-5-4-8-2;2*3-2(4,5)1(6)7/h7-12,15-16,25-28,30-33,37-40,46H,1,13-14,17-24,45H2,2-6H3;4-11,14-15,17-18,20-21H,1,12-13,24H2,2-3H3;3H,1,4-5H2,2H3;2*(H,6,7)/p-2/b16-15-,34-25?,35-26?;;;;/t30-,31+,32+,33-,37+,38-,39-,40+;17-,18+,20+,21-;;;/m00.../s1. The largest absolute Gasteiger partial charge is 0.542 e. The van der Waals surface area contributed by atoms with E-state index in [1.807, 2.05) is 60.7 Å². The van der Waals surface area contributed by atoms with Crippen molar-refractivity contribution >= 4 is 65.4 Å². The first-order valence-corrected chi connectivity index (χ1v) is 34.6. The van der Waals surface area contributed by atoms with Gasteiger partial charge in [-0.1, -0.05) is 180 Å². The van der Waals surface area contributed by atoms with Gasteiger partial charge < -0.3 is 55.5 Å². The maximum absolute atomic E-state index is 14.3. The number of fused-ring (bicyclic) bond motifs is 3. The second-order valence-corrected chi connectivity index (χ2v) is 26.5. The van der Waals surface area contributed by atoms with Crippen LogP contribution < -0.4 is 27.0 Å². The van der Waals surface area contributed by atoms with Crippen LogP contribution in [0.25, 0.3) is 6.08 Å². The van der Waals surface area contributed by atoms with Gasteiger partial charge in [0.1, 0.15) is 25.2 Å². The van der Waals surface area contributed by atoms with E-state index in [0.717, 1.165) is 41.2 Å². The van der Waals surface area contributed by atoms with Gasteiger partial charge in [0, 0.05) is 95.7 Å². The summed E-state index contributed by atoms with van der Waals surface area (Å²) in [7, 11) is 3.08. The number of carboxylic acid groups (broad SMARTS) is 2. The van der Waals surface area contributed by atoms with Crippen LogP contribution in [0.1, 0.15) is 65.5 Å². The number of amides is 6. The first kappa shape index (κ1) is 88.4. The van der Waals surface area contributed by atoms with E-state index in [1.54, 1.807) is 13.2 Å². The number of carbonyl (C=O) groups is 10. The molecule has 28 heteroatoms. The fourth-order valence-corrected chi connectivity index (χ4v) is 14.0. The molecule has 3 heterocycles. The van der Waals surface area contributed by atoms with Crippen molar-refractivity contribution in [2.24, 2.45) is 100 Å². The summed E-state index contributed by atoms with van der Waals surface area (Å²) in [4.78, 5) is 126. The zero-order chi connectivity index (χ0) is 78.6. The summed E-state index contributed by atoms with van der Waals surface area (Å²) in [5.41, 5.74) is 17.0. The van der Waals surface area contributed by atoms with E-state index in [2.05, 4.69) is 125 Å². The number of hydrogen-bond acceptors (Lipinski definition) is 19. The fourth-order valence-electron chi connectivity index (χ4n) is 14.0. The van der Waals surface area contributed by atoms with Crippen LogP contribution in [0.5, 0.6) is 0 Å². The smallest absolute Gasteiger partial charge is 0.430 e. The Balaban J connectivity index is 0.000000380. The number of nitrogens with zero attached hydrogens (tertiary/aromatic N) is 3. The van der Waals surface area contributed by atoms with Crippen LogP contribution in [0.2, 0.25) is 0 Å². The van der Waals surface area contributed by atoms with Gasteiger partial charge in [0.25, 0.3) is 0 Å². The molecule has 12 atom stereocenters. The number of aryl methyl sites for hydroxylation is 1. The van der Waals surface area contributed by atoms with Gasteiger partial charge in [-0.05, 0) is 47.6 Å². The third kappa shape index (κ3) is 24.3. The van der Waals surface area contributed by atoms with Gasteiger partial charge in [0.15, 0.2) is 0 Å². The highest BCUT2D eigenvalue weighted by molar-refractivity contribution is 6.08. The number of hydrogen-bond donors (Lipinski definition) is 3. The lowest BCUT2D eigenvalue weighted by molar-refractivity contribution is -0.344. The maximum Gasteiger partial charge on any atom is 0.430 e. The van der Waals surface area contributed by atoms with Gasteiger partial charge in [0.2, 0.25) is 35.4 Å². The number of imide groups is 3. The number of alkyl halides is 6. The van der Waals surface area contributed by atoms with Crippen molar-refractivity contribution in [1.29, 1.82) is 0 Å². The number of rotatable bonds is 29. The highest BCUT2D eigenvalue weighted by atomic mass is 19.4. The number of likely N-dealkylation sites (tertiary alicyclic amines) is 3. The quantitative estimate of drug-likeness (QED) is 0.0193. The Morgan fingerprint density at radius 1 is 0.524 bits per heavy atom. The molecule has 0 radical (unpaired) electrons. The SMILES string of the molecule is C=CC(=O)OCCOC.C=C[C@H]1C(=CC(C)C)[C@@H](/C=C\[C@H]2C(=CC(C)C)[C@@H](CCc3ccccc3)[C@@H]3C(=O)N(CCN)C(=O)[C@@H]32)[C@@H]2C(=O)N(CCNCCC(=O)OCCOC)C(=O)[C@@H]21.C=C[C@H]1C(=CC(C)C)[C@@H](C=Cc2ccccc2)[C@@H]2C(=O)N(CCN)C(=O)[C@@H]21.O=C([O-])C(F)(F)F.O=C([O-])C(F)(F)F. The molecular weight excluding hydrogens is 1380 g/mol. The number of ether oxygens (including phenoxy) is 4. The highest BCUT2D eigenvalue weighted by Crippen LogP contribution is 2.57. The van der Waals surface area contributed by atoms with Gasteiger partial charge in [-0.15, -0.1) is 13.2 Å². The van der Waals surface area contributed by atoms with Crippen molar-refractivity contribution in [3.63, 3.8) is 0 Å². The maximum atomic E-state index is 14.3. The van der Waals surface area contributed by atoms with Crippen molar-refractivity contribution in [1.82, 2.24) is 20.0 Å². The molecule has 8 rings (SSSR count). The molecule has 3 saturated heterocycles. The van der Waals surface area contributed by atoms with E-state index < -0.39 is 53.9 Å². The van der Waals surface area contributed by atoms with Gasteiger partial charge in [-0.25, -0.2) is 4.79 Å². The predicted octanol–water partition coefficient (Wildman–Crippen LogP) is 6.58. The summed E-state index contributed by atoms with van der Waals surface area (Å²) in [5.74, 6) is -11.5. The molecule has 2 aromatic carbocycles. The van der Waals surface area contributed by atoms with Crippen LogP contribution in [0, 0.1) is 88.8 Å². The summed E-state index contributed by atoms with van der Waals surface area (Å²) in [6, 6.07) is 20.2. The average Bonchev–Trinajstić information content (AvgIpc) is 1.58. The highest BCUT2D eigenvalue weighted by Gasteiger charge is 2.62. The first-order chi connectivity index (χ1) is 49.6. The lowest BCUT2D eigenvalue weighted by atomic mass is 9.84. The second kappa shape index (κ2) is 42.3. The molecule has 3 saturated carbocycles. The lowest BCUT2D eigenvalue weighted by Gasteiger charge is -2.24. The zero-order valence-corrected chi connectivity index (χ0v) is 60.5. The minimum absolute atomic E-state index is 0.0974. The summed E-state index contributed by atoms with van der Waals surface area (Å²) in [6.45, 7) is 27.0. The number of nitrogens with one attached hydrogen (secondary N) is 1. The normalized spacial score (nSPS) is 25.1. The van der Waals surface area contributed by atoms with Crippen LogP contribution in [0.15, 0.2) is 152 Å². The van der Waals surface area contributed by atoms with Gasteiger partial charge in [-0.2, -0.15) is 26.3 Å². The Morgan fingerprint density at radius 2 is 0.895 bits per heavy atom. The first-order valence-electron chi connectivity index (χ1n) is 34.6. The minimum atomic E-state index is -5.19. The van der Waals surface area contributed by atoms with E-state index in [-0.39, 0.29) is 146 Å². The Morgan fingerprint density at radius 3 is 1.30 bits per heavy atom. The van der Waals surface area contributed by atoms with E-state index in [1.165, 1.54) is 27.4 Å². The summed E-state index contributed by atoms with van der Waals surface area (Å²) in [6.07, 6.45) is 10.8. The number of halogens is 6. The van der Waals surface area contributed by atoms with Crippen LogP contribution in [-0.2, 0) is 73.3 Å². The summed E-state index contributed by atoms with van der Waals surface area (Å²) < 4.78 is 82.3. The zero-order valence-electron chi connectivity index (χ0n) is 60.5. The second-order valence-electron chi connectivity index (χ2n) is 26.5. The number of methoxy groups -OCH3 is 2. The van der Waals surface area contributed by atoms with Crippen molar-refractivity contribution in [3.8, 4) is 0 Å². The minimum Gasteiger partial charge on any atom is -0.542 e. The van der Waals surface area contributed by atoms with Gasteiger partial charge >= 0.3 is 24.3 Å². The predicted molar refractivity (Wildman–Crippen MR) is 374 cm³/mol. The molecule has 576 valence electrons. The molecule has 0 bridgehead atoms. The Bertz CT molecular complexity index is 3470. The van der Waals surface area contributed by atoms with E-state index >= 15 is 0 Å². The molecule has 6 aliphatic rings. The number of nitrogens with two attached hydrogens (primary N) is 2. The Labute approximate surface area is 609 Å². The third-order valence-electron chi connectivity index (χ3n) is 18.1. The van der Waals surface area contributed by atoms with E-state index in [4.69, 9.17) is 40.7 Å². The number of allylic oxidation sites excluding steroid dienone is 11. The number of benzene rings is 2. The van der Waals surface area contributed by atoms with Crippen LogP contribution in [0.4, 0.5) is 26.3 Å². The molecule has 6 fully saturated rings. The Hall–Kier alpha value is -8.96. The molecule has 5 N–H and O–H groups in total. The van der Waals surface area contributed by atoms with E-state index in [0.29, 0.717) is 38.8 Å². The van der Waals surface area contributed by atoms with Crippen molar-refractivity contribution < 1.29 is 103 Å². The molecule has 3 aliphatic heterocycles. The molecule has 6 amide bonds. The monoisotopic (exact) mass is 1480 g/mol. The molecule has 3 aliphatic carbocycles. The van der Waals surface area contributed by atoms with Crippen LogP contribution >= 0.6 is 0 Å². The molecule has 2 aromatic rings. The third-order valence-corrected chi connectivity index (χ3v) is 18.1.